The van der Waals surface area contributed by atoms with Crippen LogP contribution in [0.1, 0.15) is 37.8 Å². The molecule has 2 aliphatic rings. The molecule has 1 aromatic rings. The van der Waals surface area contributed by atoms with Gasteiger partial charge in [0.25, 0.3) is 0 Å². The maximum atomic E-state index is 4.05. The van der Waals surface area contributed by atoms with Crippen molar-refractivity contribution in [1.29, 1.82) is 0 Å². The van der Waals surface area contributed by atoms with E-state index in [0.29, 0.717) is 5.41 Å². The molecule has 0 bridgehead atoms. The third kappa shape index (κ3) is 1.93. The first-order valence-corrected chi connectivity index (χ1v) is 6.69. The van der Waals surface area contributed by atoms with E-state index in [-0.39, 0.29) is 0 Å². The predicted molar refractivity (Wildman–Crippen MR) is 60.6 cm³/mol. The number of hydrogen-bond donors (Lipinski definition) is 1. The molecule has 4 heteroatoms. The minimum absolute atomic E-state index is 0.670. The SMILES string of the molecule is c1snnc1CNCC1(C2CC2)CCC1. The van der Waals surface area contributed by atoms with Gasteiger partial charge in [-0.2, -0.15) is 0 Å². The second-order valence-corrected chi connectivity index (χ2v) is 5.60. The van der Waals surface area contributed by atoms with Crippen LogP contribution in [0.15, 0.2) is 5.38 Å². The van der Waals surface area contributed by atoms with Crippen LogP contribution in [0.3, 0.4) is 0 Å². The Hall–Kier alpha value is -0.480. The summed E-state index contributed by atoms with van der Waals surface area (Å²) in [6, 6.07) is 0. The standard InChI is InChI=1S/C11H17N3S/c1-4-11(5-1,9-2-3-9)8-12-6-10-7-15-14-13-10/h7,9,12H,1-6,8H2. The van der Waals surface area contributed by atoms with Gasteiger partial charge in [-0.05, 0) is 48.5 Å². The highest BCUT2D eigenvalue weighted by molar-refractivity contribution is 7.03. The van der Waals surface area contributed by atoms with E-state index in [2.05, 4.69) is 14.9 Å². The Labute approximate surface area is 94.4 Å². The highest BCUT2D eigenvalue weighted by Gasteiger charge is 2.48. The van der Waals surface area contributed by atoms with Crippen LogP contribution in [0, 0.1) is 11.3 Å². The molecule has 1 heterocycles. The molecule has 0 aromatic carbocycles. The van der Waals surface area contributed by atoms with Crippen molar-refractivity contribution in [3.05, 3.63) is 11.1 Å². The molecular weight excluding hydrogens is 206 g/mol. The Morgan fingerprint density at radius 1 is 1.47 bits per heavy atom. The summed E-state index contributed by atoms with van der Waals surface area (Å²) >= 11 is 1.43. The first-order valence-electron chi connectivity index (χ1n) is 5.86. The largest absolute Gasteiger partial charge is 0.311 e. The summed E-state index contributed by atoms with van der Waals surface area (Å²) in [6.45, 7) is 2.08. The quantitative estimate of drug-likeness (QED) is 0.831. The van der Waals surface area contributed by atoms with Gasteiger partial charge in [-0.25, -0.2) is 0 Å². The van der Waals surface area contributed by atoms with Crippen LogP contribution in [0.25, 0.3) is 0 Å². The molecule has 2 saturated carbocycles. The van der Waals surface area contributed by atoms with Crippen LogP contribution >= 0.6 is 11.5 Å². The summed E-state index contributed by atoms with van der Waals surface area (Å²) in [5, 5.41) is 9.63. The maximum Gasteiger partial charge on any atom is 0.0893 e. The van der Waals surface area contributed by atoms with Crippen LogP contribution in [0.5, 0.6) is 0 Å². The molecule has 82 valence electrons. The van der Waals surface area contributed by atoms with Gasteiger partial charge in [0.05, 0.1) is 5.69 Å². The summed E-state index contributed by atoms with van der Waals surface area (Å²) in [5.74, 6) is 1.03. The van der Waals surface area contributed by atoms with Crippen molar-refractivity contribution in [2.45, 2.75) is 38.6 Å². The number of hydrogen-bond acceptors (Lipinski definition) is 4. The van der Waals surface area contributed by atoms with Crippen LogP contribution in [0.4, 0.5) is 0 Å². The van der Waals surface area contributed by atoms with E-state index in [1.165, 1.54) is 50.2 Å². The summed E-state index contributed by atoms with van der Waals surface area (Å²) in [5.41, 5.74) is 1.76. The van der Waals surface area contributed by atoms with E-state index in [4.69, 9.17) is 0 Å². The number of nitrogens with one attached hydrogen (secondary N) is 1. The van der Waals surface area contributed by atoms with E-state index in [0.717, 1.165) is 18.2 Å². The Balaban J connectivity index is 1.48. The summed E-state index contributed by atoms with van der Waals surface area (Å²) in [7, 11) is 0. The predicted octanol–water partition coefficient (Wildman–Crippen LogP) is 2.21. The van der Waals surface area contributed by atoms with E-state index < -0.39 is 0 Å². The highest BCUT2D eigenvalue weighted by atomic mass is 32.1. The number of rotatable bonds is 5. The van der Waals surface area contributed by atoms with Gasteiger partial charge in [0.15, 0.2) is 0 Å². The lowest BCUT2D eigenvalue weighted by Gasteiger charge is -2.42. The average Bonchev–Trinajstić information content (AvgIpc) is 2.89. The molecule has 3 nitrogen and oxygen atoms in total. The van der Waals surface area contributed by atoms with E-state index in [9.17, 15) is 0 Å². The van der Waals surface area contributed by atoms with Crippen molar-refractivity contribution >= 4 is 11.5 Å². The molecule has 3 rings (SSSR count). The second kappa shape index (κ2) is 3.83. The van der Waals surface area contributed by atoms with Crippen LogP contribution in [-0.4, -0.2) is 16.1 Å². The first-order chi connectivity index (χ1) is 7.39. The fraction of sp³-hybridized carbons (Fsp3) is 0.818. The zero-order valence-corrected chi connectivity index (χ0v) is 9.72. The molecule has 0 spiro atoms. The molecule has 1 aromatic heterocycles. The fourth-order valence-corrected chi connectivity index (χ4v) is 3.21. The Kier molecular flexibility index (Phi) is 2.48. The summed E-state index contributed by atoms with van der Waals surface area (Å²) in [6.07, 6.45) is 7.27. The third-order valence-electron chi connectivity index (χ3n) is 3.98. The van der Waals surface area contributed by atoms with Gasteiger partial charge in [-0.1, -0.05) is 10.9 Å². The maximum absolute atomic E-state index is 4.05. The van der Waals surface area contributed by atoms with Crippen molar-refractivity contribution < 1.29 is 0 Å². The summed E-state index contributed by atoms with van der Waals surface area (Å²) < 4.78 is 3.87. The van der Waals surface area contributed by atoms with E-state index in [1.54, 1.807) is 0 Å². The third-order valence-corrected chi connectivity index (χ3v) is 4.53. The summed E-state index contributed by atoms with van der Waals surface area (Å²) in [4.78, 5) is 0. The van der Waals surface area contributed by atoms with Crippen molar-refractivity contribution in [2.24, 2.45) is 11.3 Å². The molecule has 0 aliphatic heterocycles. The monoisotopic (exact) mass is 223 g/mol. The van der Waals surface area contributed by atoms with Gasteiger partial charge < -0.3 is 5.32 Å². The van der Waals surface area contributed by atoms with Gasteiger partial charge in [0, 0.05) is 18.5 Å². The Morgan fingerprint density at radius 3 is 2.87 bits per heavy atom. The fourth-order valence-electron chi connectivity index (χ4n) is 2.76. The topological polar surface area (TPSA) is 37.8 Å². The molecule has 0 atom stereocenters. The molecular formula is C11H17N3S. The van der Waals surface area contributed by atoms with Gasteiger partial charge >= 0.3 is 0 Å². The van der Waals surface area contributed by atoms with Crippen LogP contribution in [-0.2, 0) is 6.54 Å². The van der Waals surface area contributed by atoms with Gasteiger partial charge in [0.1, 0.15) is 0 Å². The molecule has 0 radical (unpaired) electrons. The average molecular weight is 223 g/mol. The minimum atomic E-state index is 0.670. The molecule has 0 saturated heterocycles. The molecule has 15 heavy (non-hydrogen) atoms. The molecule has 1 N–H and O–H groups in total. The smallest absolute Gasteiger partial charge is 0.0893 e. The molecule has 2 fully saturated rings. The lowest BCUT2D eigenvalue weighted by molar-refractivity contribution is 0.0985. The van der Waals surface area contributed by atoms with Crippen molar-refractivity contribution in [2.75, 3.05) is 6.54 Å². The number of nitrogens with zero attached hydrogens (tertiary/aromatic N) is 2. The van der Waals surface area contributed by atoms with Gasteiger partial charge in [-0.3, -0.25) is 0 Å². The zero-order valence-electron chi connectivity index (χ0n) is 8.91. The first kappa shape index (κ1) is 9.73. The lowest BCUT2D eigenvalue weighted by Crippen LogP contribution is -2.41. The highest BCUT2D eigenvalue weighted by Crippen LogP contribution is 2.56. The number of aromatic nitrogens is 2. The van der Waals surface area contributed by atoms with Gasteiger partial charge in [-0.15, -0.1) is 5.10 Å². The molecule has 0 amide bonds. The van der Waals surface area contributed by atoms with Crippen molar-refractivity contribution in [3.63, 3.8) is 0 Å². The van der Waals surface area contributed by atoms with Crippen LogP contribution in [0.2, 0.25) is 0 Å². The van der Waals surface area contributed by atoms with Crippen molar-refractivity contribution in [1.82, 2.24) is 14.9 Å². The van der Waals surface area contributed by atoms with Crippen LogP contribution < -0.4 is 5.32 Å². The Morgan fingerprint density at radius 2 is 2.33 bits per heavy atom. The van der Waals surface area contributed by atoms with E-state index in [1.807, 2.05) is 5.38 Å². The van der Waals surface area contributed by atoms with Gasteiger partial charge in [0.2, 0.25) is 0 Å². The van der Waals surface area contributed by atoms with Crippen molar-refractivity contribution in [3.8, 4) is 0 Å². The molecule has 2 aliphatic carbocycles. The normalized spacial score (nSPS) is 23.7. The minimum Gasteiger partial charge on any atom is -0.311 e. The lowest BCUT2D eigenvalue weighted by atomic mass is 9.65. The van der Waals surface area contributed by atoms with E-state index >= 15 is 0 Å². The Bertz CT molecular complexity index is 315. The zero-order chi connectivity index (χ0) is 10.1. The second-order valence-electron chi connectivity index (χ2n) is 4.99. The molecule has 0 unspecified atom stereocenters.